The summed E-state index contributed by atoms with van der Waals surface area (Å²) in [5.74, 6) is 1.25. The molecular formula is C16H21N5O3. The van der Waals surface area contributed by atoms with E-state index in [1.54, 1.807) is 42.7 Å². The second kappa shape index (κ2) is 7.39. The van der Waals surface area contributed by atoms with Crippen LogP contribution in [0.1, 0.15) is 25.8 Å². The lowest BCUT2D eigenvalue weighted by atomic mass is 10.2. The Morgan fingerprint density at radius 2 is 2.42 bits per heavy atom. The smallest absolute Gasteiger partial charge is 0.263 e. The third-order valence-electron chi connectivity index (χ3n) is 3.95. The van der Waals surface area contributed by atoms with E-state index in [-0.39, 0.29) is 12.0 Å². The molecule has 0 saturated carbocycles. The standard InChI is InChI=1S/C16H21N5O3/c1-3-20-11-18-19-15(20)14-10-21(7-8-23-14)16(22)12(2)24-13-5-4-6-17-9-13/h4-6,9,11-12,14H,3,7-8,10H2,1-2H3/t12-,14+/m0/s1. The van der Waals surface area contributed by atoms with Crippen LogP contribution in [0.5, 0.6) is 5.75 Å². The van der Waals surface area contributed by atoms with Crippen LogP contribution in [0.25, 0.3) is 0 Å². The van der Waals surface area contributed by atoms with Crippen molar-refractivity contribution >= 4 is 5.91 Å². The predicted molar refractivity (Wildman–Crippen MR) is 85.3 cm³/mol. The highest BCUT2D eigenvalue weighted by Gasteiger charge is 2.31. The summed E-state index contributed by atoms with van der Waals surface area (Å²) < 4.78 is 13.4. The molecule has 1 aliphatic rings. The van der Waals surface area contributed by atoms with Gasteiger partial charge in [0.15, 0.2) is 11.9 Å². The third kappa shape index (κ3) is 3.53. The molecule has 0 unspecified atom stereocenters. The van der Waals surface area contributed by atoms with Gasteiger partial charge >= 0.3 is 0 Å². The largest absolute Gasteiger partial charge is 0.479 e. The van der Waals surface area contributed by atoms with Gasteiger partial charge in [0.05, 0.1) is 19.3 Å². The second-order valence-electron chi connectivity index (χ2n) is 5.57. The van der Waals surface area contributed by atoms with Gasteiger partial charge in [-0.05, 0) is 26.0 Å². The second-order valence-corrected chi connectivity index (χ2v) is 5.57. The molecule has 3 rings (SSSR count). The van der Waals surface area contributed by atoms with Crippen LogP contribution in [-0.4, -0.2) is 56.4 Å². The number of aryl methyl sites for hydroxylation is 1. The number of aromatic nitrogens is 4. The molecule has 0 bridgehead atoms. The molecule has 0 aromatic carbocycles. The van der Waals surface area contributed by atoms with Gasteiger partial charge in [-0.25, -0.2) is 0 Å². The van der Waals surface area contributed by atoms with Crippen molar-refractivity contribution in [2.24, 2.45) is 0 Å². The van der Waals surface area contributed by atoms with Gasteiger partial charge in [0.25, 0.3) is 5.91 Å². The SMILES string of the molecule is CCn1cnnc1[C@H]1CN(C(=O)[C@H](C)Oc2cccnc2)CCO1. The van der Waals surface area contributed by atoms with Gasteiger partial charge in [-0.2, -0.15) is 0 Å². The highest BCUT2D eigenvalue weighted by Crippen LogP contribution is 2.21. The van der Waals surface area contributed by atoms with Gasteiger partial charge in [0.2, 0.25) is 0 Å². The molecule has 1 amide bonds. The van der Waals surface area contributed by atoms with Gasteiger partial charge in [-0.15, -0.1) is 10.2 Å². The van der Waals surface area contributed by atoms with E-state index in [4.69, 9.17) is 9.47 Å². The van der Waals surface area contributed by atoms with Gasteiger partial charge < -0.3 is 18.9 Å². The fraction of sp³-hybridized carbons (Fsp3) is 0.500. The van der Waals surface area contributed by atoms with E-state index in [0.717, 1.165) is 12.4 Å². The first-order chi connectivity index (χ1) is 11.7. The van der Waals surface area contributed by atoms with Gasteiger partial charge in [0, 0.05) is 19.3 Å². The van der Waals surface area contributed by atoms with Gasteiger partial charge in [0.1, 0.15) is 18.2 Å². The molecule has 1 fully saturated rings. The minimum Gasteiger partial charge on any atom is -0.479 e. The summed E-state index contributed by atoms with van der Waals surface area (Å²) in [6, 6.07) is 3.55. The van der Waals surface area contributed by atoms with Crippen LogP contribution in [0.2, 0.25) is 0 Å². The maximum absolute atomic E-state index is 12.7. The van der Waals surface area contributed by atoms with E-state index in [9.17, 15) is 4.79 Å². The van der Waals surface area contributed by atoms with Crippen molar-refractivity contribution < 1.29 is 14.3 Å². The van der Waals surface area contributed by atoms with E-state index >= 15 is 0 Å². The van der Waals surface area contributed by atoms with Crippen LogP contribution < -0.4 is 4.74 Å². The monoisotopic (exact) mass is 331 g/mol. The molecule has 0 spiro atoms. The first kappa shape index (κ1) is 16.4. The van der Waals surface area contributed by atoms with Gasteiger partial charge in [-0.1, -0.05) is 0 Å². The summed E-state index contributed by atoms with van der Waals surface area (Å²) in [5, 5.41) is 8.05. The molecule has 0 aliphatic carbocycles. The van der Waals surface area contributed by atoms with Crippen LogP contribution in [0.15, 0.2) is 30.9 Å². The van der Waals surface area contributed by atoms with E-state index in [1.807, 2.05) is 11.5 Å². The maximum atomic E-state index is 12.7. The van der Waals surface area contributed by atoms with Crippen molar-refractivity contribution in [3.05, 3.63) is 36.7 Å². The summed E-state index contributed by atoms with van der Waals surface area (Å²) in [7, 11) is 0. The van der Waals surface area contributed by atoms with Crippen molar-refractivity contribution in [1.29, 1.82) is 0 Å². The Bertz CT molecular complexity index is 675. The highest BCUT2D eigenvalue weighted by atomic mass is 16.5. The van der Waals surface area contributed by atoms with E-state index < -0.39 is 6.10 Å². The Morgan fingerprint density at radius 1 is 1.54 bits per heavy atom. The van der Waals surface area contributed by atoms with Gasteiger partial charge in [-0.3, -0.25) is 9.78 Å². The zero-order valence-electron chi connectivity index (χ0n) is 13.8. The lowest BCUT2D eigenvalue weighted by molar-refractivity contribution is -0.146. The Kier molecular flexibility index (Phi) is 5.05. The molecule has 8 nitrogen and oxygen atoms in total. The molecule has 0 N–H and O–H groups in total. The number of nitrogens with zero attached hydrogens (tertiary/aromatic N) is 5. The molecule has 2 aromatic rings. The Morgan fingerprint density at radius 3 is 3.17 bits per heavy atom. The van der Waals surface area contributed by atoms with Crippen molar-refractivity contribution in [2.45, 2.75) is 32.6 Å². The zero-order valence-corrected chi connectivity index (χ0v) is 13.8. The van der Waals surface area contributed by atoms with Crippen LogP contribution in [-0.2, 0) is 16.1 Å². The van der Waals surface area contributed by atoms with Crippen molar-refractivity contribution in [3.8, 4) is 5.75 Å². The minimum absolute atomic E-state index is 0.0743. The lowest BCUT2D eigenvalue weighted by Gasteiger charge is -2.33. The van der Waals surface area contributed by atoms with Crippen molar-refractivity contribution in [1.82, 2.24) is 24.6 Å². The van der Waals surface area contributed by atoms with Crippen LogP contribution in [0, 0.1) is 0 Å². The average molecular weight is 331 g/mol. The Balaban J connectivity index is 1.64. The summed E-state index contributed by atoms with van der Waals surface area (Å²) in [6.45, 7) is 5.97. The Labute approximate surface area is 140 Å². The highest BCUT2D eigenvalue weighted by molar-refractivity contribution is 5.81. The van der Waals surface area contributed by atoms with E-state index in [0.29, 0.717) is 25.4 Å². The molecule has 3 heterocycles. The van der Waals surface area contributed by atoms with E-state index in [2.05, 4.69) is 15.2 Å². The molecule has 2 aromatic heterocycles. The summed E-state index contributed by atoms with van der Waals surface area (Å²) in [5.41, 5.74) is 0. The number of hydrogen-bond donors (Lipinski definition) is 0. The van der Waals surface area contributed by atoms with Crippen LogP contribution in [0.3, 0.4) is 0 Å². The Hall–Kier alpha value is -2.48. The number of pyridine rings is 1. The molecule has 0 radical (unpaired) electrons. The first-order valence-electron chi connectivity index (χ1n) is 8.03. The maximum Gasteiger partial charge on any atom is 0.263 e. The zero-order chi connectivity index (χ0) is 16.9. The normalized spacial score (nSPS) is 19.1. The van der Waals surface area contributed by atoms with Crippen molar-refractivity contribution in [2.75, 3.05) is 19.7 Å². The molecule has 1 saturated heterocycles. The van der Waals surface area contributed by atoms with Crippen LogP contribution >= 0.6 is 0 Å². The number of ether oxygens (including phenoxy) is 2. The average Bonchev–Trinajstić information content (AvgIpc) is 3.11. The number of amides is 1. The minimum atomic E-state index is -0.586. The third-order valence-corrected chi connectivity index (χ3v) is 3.95. The summed E-state index contributed by atoms with van der Waals surface area (Å²) >= 11 is 0. The molecule has 1 aliphatic heterocycles. The number of rotatable bonds is 5. The number of hydrogen-bond acceptors (Lipinski definition) is 6. The quantitative estimate of drug-likeness (QED) is 0.815. The van der Waals surface area contributed by atoms with Crippen LogP contribution in [0.4, 0.5) is 0 Å². The van der Waals surface area contributed by atoms with E-state index in [1.165, 1.54) is 0 Å². The van der Waals surface area contributed by atoms with Crippen molar-refractivity contribution in [3.63, 3.8) is 0 Å². The molecule has 128 valence electrons. The molecular weight excluding hydrogens is 310 g/mol. The first-order valence-corrected chi connectivity index (χ1v) is 8.03. The number of carbonyl (C=O) groups excluding carboxylic acids is 1. The fourth-order valence-corrected chi connectivity index (χ4v) is 2.69. The summed E-state index contributed by atoms with van der Waals surface area (Å²) in [4.78, 5) is 18.4. The summed E-state index contributed by atoms with van der Waals surface area (Å²) in [6.07, 6.45) is 4.08. The topological polar surface area (TPSA) is 82.4 Å². The number of carbonyl (C=O) groups is 1. The molecule has 2 atom stereocenters. The fourth-order valence-electron chi connectivity index (χ4n) is 2.69. The lowest BCUT2D eigenvalue weighted by Crippen LogP contribution is -2.47. The predicted octanol–water partition coefficient (Wildman–Crippen LogP) is 1.06. The number of morpholine rings is 1. The molecule has 24 heavy (non-hydrogen) atoms. The molecule has 8 heteroatoms.